The van der Waals surface area contributed by atoms with Crippen molar-refractivity contribution in [2.24, 2.45) is 0 Å². The Bertz CT molecular complexity index is 413. The van der Waals surface area contributed by atoms with Gasteiger partial charge in [0.25, 0.3) is 0 Å². The number of nitrogen functional groups attached to an aromatic ring is 1. The molecule has 5 heteroatoms. The second-order valence-corrected chi connectivity index (χ2v) is 5.93. The van der Waals surface area contributed by atoms with Crippen LogP contribution in [0, 0.1) is 0 Å². The van der Waals surface area contributed by atoms with Gasteiger partial charge in [0.15, 0.2) is 0 Å². The van der Waals surface area contributed by atoms with E-state index in [0.717, 1.165) is 48.1 Å². The molecule has 0 aromatic heterocycles. The molecular weight excluding hydrogens is 236 g/mol. The zero-order chi connectivity index (χ0) is 12.3. The Labute approximate surface area is 104 Å². The third-order valence-corrected chi connectivity index (χ3v) is 4.18. The van der Waals surface area contributed by atoms with Crippen molar-refractivity contribution in [1.29, 1.82) is 0 Å². The maximum absolute atomic E-state index is 11.3. The smallest absolute Gasteiger partial charge is 0.121 e. The quantitative estimate of drug-likeness (QED) is 0.812. The molecule has 0 amide bonds. The van der Waals surface area contributed by atoms with Crippen LogP contribution in [-0.4, -0.2) is 40.8 Å². The Balaban J connectivity index is 2.02. The first-order chi connectivity index (χ1) is 8.17. The average molecular weight is 254 g/mol. The number of benzene rings is 1. The number of hydrogen-bond donors (Lipinski definition) is 1. The fourth-order valence-electron chi connectivity index (χ4n) is 1.99. The van der Waals surface area contributed by atoms with Crippen LogP contribution in [0.4, 0.5) is 5.69 Å². The predicted octanol–water partition coefficient (Wildman–Crippen LogP) is 0.842. The van der Waals surface area contributed by atoms with Crippen molar-refractivity contribution in [3.63, 3.8) is 0 Å². The van der Waals surface area contributed by atoms with Gasteiger partial charge in [-0.05, 0) is 17.7 Å². The van der Waals surface area contributed by atoms with Crippen molar-refractivity contribution >= 4 is 16.5 Å². The van der Waals surface area contributed by atoms with Crippen molar-refractivity contribution in [2.75, 3.05) is 37.4 Å². The fraction of sp³-hybridized carbons (Fsp3) is 0.500. The van der Waals surface area contributed by atoms with E-state index < -0.39 is 10.8 Å². The average Bonchev–Trinajstić information content (AvgIpc) is 2.31. The van der Waals surface area contributed by atoms with Gasteiger partial charge in [0, 0.05) is 53.7 Å². The van der Waals surface area contributed by atoms with E-state index in [4.69, 9.17) is 10.5 Å². The summed E-state index contributed by atoms with van der Waals surface area (Å²) in [5, 5.41) is 0. The number of ether oxygens (including phenoxy) is 1. The molecule has 0 bridgehead atoms. The molecule has 0 spiro atoms. The summed E-state index contributed by atoms with van der Waals surface area (Å²) in [6.45, 7) is 2.63. The van der Waals surface area contributed by atoms with E-state index in [1.54, 1.807) is 7.11 Å². The summed E-state index contributed by atoms with van der Waals surface area (Å²) in [7, 11) is 1.02. The summed E-state index contributed by atoms with van der Waals surface area (Å²) in [6, 6.07) is 5.78. The van der Waals surface area contributed by atoms with E-state index in [1.165, 1.54) is 0 Å². The van der Waals surface area contributed by atoms with Gasteiger partial charge in [-0.2, -0.15) is 0 Å². The lowest BCUT2D eigenvalue weighted by Gasteiger charge is -2.26. The van der Waals surface area contributed by atoms with Gasteiger partial charge in [0.05, 0.1) is 7.11 Å². The molecule has 1 heterocycles. The molecule has 1 aromatic rings. The summed E-state index contributed by atoms with van der Waals surface area (Å²) in [4.78, 5) is 2.30. The molecule has 94 valence electrons. The molecule has 1 aliphatic rings. The van der Waals surface area contributed by atoms with Gasteiger partial charge in [-0.15, -0.1) is 0 Å². The normalized spacial score (nSPS) is 18.2. The van der Waals surface area contributed by atoms with Crippen molar-refractivity contribution in [3.8, 4) is 5.75 Å². The van der Waals surface area contributed by atoms with Crippen molar-refractivity contribution in [3.05, 3.63) is 23.8 Å². The number of nitrogens with zero attached hydrogens (tertiary/aromatic N) is 1. The van der Waals surface area contributed by atoms with Gasteiger partial charge >= 0.3 is 0 Å². The summed E-state index contributed by atoms with van der Waals surface area (Å²) < 4.78 is 16.5. The summed E-state index contributed by atoms with van der Waals surface area (Å²) >= 11 is 0. The van der Waals surface area contributed by atoms with E-state index in [9.17, 15) is 4.21 Å². The SMILES string of the molecule is COc1cc(N)cc(CN2CCS(=O)CC2)c1. The highest BCUT2D eigenvalue weighted by molar-refractivity contribution is 7.85. The molecule has 0 aliphatic carbocycles. The Morgan fingerprint density at radius 2 is 2.06 bits per heavy atom. The van der Waals surface area contributed by atoms with Crippen LogP contribution in [0.3, 0.4) is 0 Å². The second kappa shape index (κ2) is 5.51. The van der Waals surface area contributed by atoms with E-state index in [0.29, 0.717) is 0 Å². The monoisotopic (exact) mass is 254 g/mol. The van der Waals surface area contributed by atoms with Crippen LogP contribution in [0.25, 0.3) is 0 Å². The highest BCUT2D eigenvalue weighted by atomic mass is 32.2. The Morgan fingerprint density at radius 3 is 2.71 bits per heavy atom. The first-order valence-corrected chi connectivity index (χ1v) is 7.17. The Hall–Kier alpha value is -1.07. The van der Waals surface area contributed by atoms with Crippen LogP contribution >= 0.6 is 0 Å². The molecule has 1 saturated heterocycles. The molecule has 1 aliphatic heterocycles. The van der Waals surface area contributed by atoms with Gasteiger partial charge in [0.2, 0.25) is 0 Å². The lowest BCUT2D eigenvalue weighted by molar-refractivity contribution is 0.291. The molecule has 1 aromatic carbocycles. The summed E-state index contributed by atoms with van der Waals surface area (Å²) in [5.74, 6) is 2.35. The topological polar surface area (TPSA) is 55.6 Å². The molecule has 1 fully saturated rings. The lowest BCUT2D eigenvalue weighted by atomic mass is 10.1. The minimum absolute atomic E-state index is 0.620. The van der Waals surface area contributed by atoms with E-state index >= 15 is 0 Å². The van der Waals surface area contributed by atoms with Gasteiger partial charge in [0.1, 0.15) is 5.75 Å². The Kier molecular flexibility index (Phi) is 4.02. The number of methoxy groups -OCH3 is 1. The van der Waals surface area contributed by atoms with Crippen LogP contribution in [-0.2, 0) is 17.3 Å². The molecular formula is C12H18N2O2S. The maximum Gasteiger partial charge on any atom is 0.121 e. The molecule has 0 saturated carbocycles. The molecule has 2 rings (SSSR count). The zero-order valence-electron chi connectivity index (χ0n) is 10.0. The number of anilines is 1. The molecule has 2 N–H and O–H groups in total. The van der Waals surface area contributed by atoms with Crippen molar-refractivity contribution in [1.82, 2.24) is 4.90 Å². The maximum atomic E-state index is 11.3. The third-order valence-electron chi connectivity index (χ3n) is 2.90. The first-order valence-electron chi connectivity index (χ1n) is 5.68. The van der Waals surface area contributed by atoms with Crippen molar-refractivity contribution in [2.45, 2.75) is 6.54 Å². The Morgan fingerprint density at radius 1 is 1.35 bits per heavy atom. The third kappa shape index (κ3) is 3.44. The number of nitrogens with two attached hydrogens (primary N) is 1. The minimum atomic E-state index is -0.620. The minimum Gasteiger partial charge on any atom is -0.497 e. The van der Waals surface area contributed by atoms with Gasteiger partial charge in [-0.1, -0.05) is 0 Å². The van der Waals surface area contributed by atoms with E-state index in [2.05, 4.69) is 4.90 Å². The largest absolute Gasteiger partial charge is 0.497 e. The lowest BCUT2D eigenvalue weighted by Crippen LogP contribution is -2.37. The first kappa shape index (κ1) is 12.4. The van der Waals surface area contributed by atoms with Gasteiger partial charge in [-0.25, -0.2) is 0 Å². The van der Waals surface area contributed by atoms with Gasteiger partial charge in [-0.3, -0.25) is 9.11 Å². The predicted molar refractivity (Wildman–Crippen MR) is 70.6 cm³/mol. The summed E-state index contributed by atoms with van der Waals surface area (Å²) in [5.41, 5.74) is 7.68. The highest BCUT2D eigenvalue weighted by Gasteiger charge is 2.15. The number of rotatable bonds is 3. The van der Waals surface area contributed by atoms with Crippen LogP contribution in [0.2, 0.25) is 0 Å². The van der Waals surface area contributed by atoms with Crippen LogP contribution in [0.5, 0.6) is 5.75 Å². The standard InChI is InChI=1S/C12H18N2O2S/c1-16-12-7-10(6-11(13)8-12)9-14-2-4-17(15)5-3-14/h6-8H,2-5,9,13H2,1H3. The zero-order valence-corrected chi connectivity index (χ0v) is 10.8. The van der Waals surface area contributed by atoms with E-state index in [-0.39, 0.29) is 0 Å². The van der Waals surface area contributed by atoms with Crippen LogP contribution < -0.4 is 10.5 Å². The molecule has 17 heavy (non-hydrogen) atoms. The summed E-state index contributed by atoms with van der Waals surface area (Å²) in [6.07, 6.45) is 0. The van der Waals surface area contributed by atoms with E-state index in [1.807, 2.05) is 18.2 Å². The number of hydrogen-bond acceptors (Lipinski definition) is 4. The molecule has 0 unspecified atom stereocenters. The van der Waals surface area contributed by atoms with Crippen LogP contribution in [0.1, 0.15) is 5.56 Å². The molecule has 4 nitrogen and oxygen atoms in total. The van der Waals surface area contributed by atoms with Gasteiger partial charge < -0.3 is 10.5 Å². The fourth-order valence-corrected chi connectivity index (χ4v) is 3.12. The molecule has 0 atom stereocenters. The molecule has 0 radical (unpaired) electrons. The second-order valence-electron chi connectivity index (χ2n) is 4.24. The highest BCUT2D eigenvalue weighted by Crippen LogP contribution is 2.20. The van der Waals surface area contributed by atoms with Crippen LogP contribution in [0.15, 0.2) is 18.2 Å². The van der Waals surface area contributed by atoms with Crippen molar-refractivity contribution < 1.29 is 8.95 Å².